The Kier molecular flexibility index (Phi) is 3.12. The van der Waals surface area contributed by atoms with Crippen molar-refractivity contribution in [2.45, 2.75) is 10.9 Å². The van der Waals surface area contributed by atoms with Crippen LogP contribution in [-0.4, -0.2) is 15.0 Å². The number of rotatable bonds is 3. The number of nitrogen functional groups attached to an aromatic ring is 1. The normalized spacial score (nSPS) is 10.9. The summed E-state index contributed by atoms with van der Waals surface area (Å²) in [6, 6.07) is 9.83. The molecule has 0 radical (unpaired) electrons. The average molecular weight is 274 g/mol. The number of imidazole rings is 1. The van der Waals surface area contributed by atoms with Crippen molar-refractivity contribution in [3.63, 3.8) is 0 Å². The third kappa shape index (κ3) is 2.44. The Morgan fingerprint density at radius 1 is 1.06 bits per heavy atom. The first kappa shape index (κ1) is 11.4. The fraction of sp³-hybridized carbons (Fsp3) is 0.0833. The SMILES string of the molecule is Nc1nc(CSc2nc3cccccc-3n2)cs1. The molecule has 18 heavy (non-hydrogen) atoms. The van der Waals surface area contributed by atoms with E-state index in [4.69, 9.17) is 5.73 Å². The Morgan fingerprint density at radius 3 is 2.39 bits per heavy atom. The summed E-state index contributed by atoms with van der Waals surface area (Å²) in [6.07, 6.45) is 0. The van der Waals surface area contributed by atoms with E-state index in [0.29, 0.717) is 5.13 Å². The molecule has 1 aromatic heterocycles. The molecule has 2 aliphatic rings. The number of nitrogens with two attached hydrogens (primary N) is 1. The Bertz CT molecular complexity index is 607. The largest absolute Gasteiger partial charge is 0.375 e. The van der Waals surface area contributed by atoms with E-state index in [0.717, 1.165) is 28.0 Å². The van der Waals surface area contributed by atoms with Crippen molar-refractivity contribution in [1.82, 2.24) is 15.0 Å². The van der Waals surface area contributed by atoms with Gasteiger partial charge >= 0.3 is 0 Å². The summed E-state index contributed by atoms with van der Waals surface area (Å²) in [6.45, 7) is 0. The van der Waals surface area contributed by atoms with E-state index in [1.165, 1.54) is 11.3 Å². The molecule has 2 N–H and O–H groups in total. The minimum absolute atomic E-state index is 0.603. The predicted octanol–water partition coefficient (Wildman–Crippen LogP) is 2.91. The van der Waals surface area contributed by atoms with Gasteiger partial charge in [-0.3, -0.25) is 0 Å². The van der Waals surface area contributed by atoms with Crippen molar-refractivity contribution in [2.24, 2.45) is 0 Å². The minimum Gasteiger partial charge on any atom is -0.375 e. The highest BCUT2D eigenvalue weighted by molar-refractivity contribution is 7.98. The van der Waals surface area contributed by atoms with Gasteiger partial charge in [0, 0.05) is 11.1 Å². The van der Waals surface area contributed by atoms with Crippen LogP contribution in [0.1, 0.15) is 5.69 Å². The first-order valence-electron chi connectivity index (χ1n) is 5.37. The van der Waals surface area contributed by atoms with Crippen LogP contribution in [0.5, 0.6) is 0 Å². The molecular weight excluding hydrogens is 264 g/mol. The third-order valence-electron chi connectivity index (χ3n) is 2.34. The molecular formula is C12H10N4S2. The number of hydrogen-bond acceptors (Lipinski definition) is 6. The number of thioether (sulfide) groups is 1. The molecule has 0 atom stereocenters. The van der Waals surface area contributed by atoms with E-state index in [1.807, 2.05) is 35.7 Å². The molecule has 90 valence electrons. The van der Waals surface area contributed by atoms with Gasteiger partial charge in [-0.1, -0.05) is 30.0 Å². The van der Waals surface area contributed by atoms with Crippen molar-refractivity contribution >= 4 is 28.2 Å². The second kappa shape index (κ2) is 4.91. The molecule has 0 unspecified atom stereocenters. The first-order chi connectivity index (χ1) is 8.81. The van der Waals surface area contributed by atoms with Gasteiger partial charge in [-0.05, 0) is 12.1 Å². The van der Waals surface area contributed by atoms with E-state index < -0.39 is 0 Å². The highest BCUT2D eigenvalue weighted by Gasteiger charge is 2.09. The fourth-order valence-electron chi connectivity index (χ4n) is 1.54. The molecule has 0 fully saturated rings. The second-order valence-corrected chi connectivity index (χ2v) is 5.49. The van der Waals surface area contributed by atoms with Crippen molar-refractivity contribution < 1.29 is 0 Å². The Labute approximate surface area is 113 Å². The van der Waals surface area contributed by atoms with Gasteiger partial charge in [0.25, 0.3) is 0 Å². The molecule has 2 heterocycles. The van der Waals surface area contributed by atoms with Crippen LogP contribution in [0.4, 0.5) is 5.13 Å². The molecule has 6 heteroatoms. The first-order valence-corrected chi connectivity index (χ1v) is 7.23. The monoisotopic (exact) mass is 274 g/mol. The average Bonchev–Trinajstić information content (AvgIpc) is 2.88. The molecule has 0 saturated carbocycles. The highest BCUT2D eigenvalue weighted by atomic mass is 32.2. The van der Waals surface area contributed by atoms with Crippen molar-refractivity contribution in [1.29, 1.82) is 0 Å². The molecule has 1 aromatic rings. The van der Waals surface area contributed by atoms with Gasteiger partial charge in [-0.2, -0.15) is 0 Å². The molecule has 0 bridgehead atoms. The molecule has 0 saturated heterocycles. The van der Waals surface area contributed by atoms with E-state index in [9.17, 15) is 0 Å². The van der Waals surface area contributed by atoms with Gasteiger partial charge < -0.3 is 5.73 Å². The summed E-state index contributed by atoms with van der Waals surface area (Å²) in [5.74, 6) is 0.746. The Balaban J connectivity index is 1.77. The topological polar surface area (TPSA) is 64.7 Å². The zero-order chi connectivity index (χ0) is 12.4. The van der Waals surface area contributed by atoms with Gasteiger partial charge in [0.2, 0.25) is 0 Å². The zero-order valence-corrected chi connectivity index (χ0v) is 11.0. The van der Waals surface area contributed by atoms with Crippen LogP contribution in [0, 0.1) is 0 Å². The Hall–Kier alpha value is -1.66. The van der Waals surface area contributed by atoms with Crippen LogP contribution in [0.2, 0.25) is 0 Å². The number of hydrogen-bond donors (Lipinski definition) is 1. The molecule has 0 spiro atoms. The van der Waals surface area contributed by atoms with Crippen molar-refractivity contribution in [2.75, 3.05) is 5.73 Å². The van der Waals surface area contributed by atoms with Crippen molar-refractivity contribution in [3.05, 3.63) is 41.4 Å². The van der Waals surface area contributed by atoms with Gasteiger partial charge in [0.15, 0.2) is 10.3 Å². The number of nitrogens with zero attached hydrogens (tertiary/aromatic N) is 3. The summed E-state index contributed by atoms with van der Waals surface area (Å²) in [4.78, 5) is 13.2. The predicted molar refractivity (Wildman–Crippen MR) is 74.7 cm³/mol. The summed E-state index contributed by atoms with van der Waals surface area (Å²) < 4.78 is 0. The number of thiazole rings is 1. The summed E-state index contributed by atoms with van der Waals surface area (Å²) in [7, 11) is 0. The fourth-order valence-corrected chi connectivity index (χ4v) is 2.96. The standard InChI is InChI=1S/C12H10N4S2/c13-11-14-8(6-17-11)7-18-12-15-9-4-2-1-3-5-10(9)16-12/h1-6H,7H2,(H2,13,14). The maximum absolute atomic E-state index is 5.59. The maximum atomic E-state index is 5.59. The van der Waals surface area contributed by atoms with E-state index in [2.05, 4.69) is 15.0 Å². The lowest BCUT2D eigenvalue weighted by Crippen LogP contribution is -1.85. The Morgan fingerprint density at radius 2 is 1.78 bits per heavy atom. The smallest absolute Gasteiger partial charge is 0.189 e. The minimum atomic E-state index is 0.603. The molecule has 1 aliphatic heterocycles. The molecule has 4 nitrogen and oxygen atoms in total. The molecule has 0 amide bonds. The van der Waals surface area contributed by atoms with Crippen LogP contribution in [0.3, 0.4) is 0 Å². The number of aromatic nitrogens is 3. The molecule has 3 rings (SSSR count). The van der Waals surface area contributed by atoms with Crippen molar-refractivity contribution in [3.8, 4) is 11.4 Å². The lowest BCUT2D eigenvalue weighted by Gasteiger charge is -1.91. The molecule has 1 aliphatic carbocycles. The summed E-state index contributed by atoms with van der Waals surface area (Å²) in [5, 5.41) is 3.35. The van der Waals surface area contributed by atoms with Crippen LogP contribution < -0.4 is 5.73 Å². The van der Waals surface area contributed by atoms with Crippen LogP contribution >= 0.6 is 23.1 Å². The quantitative estimate of drug-likeness (QED) is 0.744. The zero-order valence-electron chi connectivity index (χ0n) is 9.41. The van der Waals surface area contributed by atoms with E-state index >= 15 is 0 Å². The second-order valence-electron chi connectivity index (χ2n) is 3.65. The highest BCUT2D eigenvalue weighted by Crippen LogP contribution is 2.26. The van der Waals surface area contributed by atoms with E-state index in [-0.39, 0.29) is 0 Å². The molecule has 0 aromatic carbocycles. The van der Waals surface area contributed by atoms with Gasteiger partial charge in [-0.25, -0.2) is 15.0 Å². The lowest BCUT2D eigenvalue weighted by molar-refractivity contribution is 1.07. The van der Waals surface area contributed by atoms with Crippen LogP contribution in [0.25, 0.3) is 11.4 Å². The summed E-state index contributed by atoms with van der Waals surface area (Å²) >= 11 is 3.03. The van der Waals surface area contributed by atoms with E-state index in [1.54, 1.807) is 11.8 Å². The van der Waals surface area contributed by atoms with Crippen LogP contribution in [-0.2, 0) is 5.75 Å². The van der Waals surface area contributed by atoms with Gasteiger partial charge in [-0.15, -0.1) is 11.3 Å². The summed E-state index contributed by atoms with van der Waals surface area (Å²) in [5.41, 5.74) is 8.40. The van der Waals surface area contributed by atoms with Gasteiger partial charge in [0.1, 0.15) is 0 Å². The lowest BCUT2D eigenvalue weighted by atomic mass is 10.3. The number of fused-ring (bicyclic) bond motifs is 1. The van der Waals surface area contributed by atoms with Gasteiger partial charge in [0.05, 0.1) is 17.1 Å². The maximum Gasteiger partial charge on any atom is 0.189 e. The van der Waals surface area contributed by atoms with Crippen LogP contribution in [0.15, 0.2) is 40.9 Å². The third-order valence-corrected chi connectivity index (χ3v) is 3.95. The number of anilines is 1.